The molecule has 100 valence electrons. The predicted molar refractivity (Wildman–Crippen MR) is 76.2 cm³/mol. The Hall–Kier alpha value is -0.830. The largest absolute Gasteiger partial charge is 0.356 e. The normalized spacial score (nSPS) is 20.8. The van der Waals surface area contributed by atoms with Gasteiger partial charge in [0.15, 0.2) is 0 Å². The first-order valence-corrected chi connectivity index (χ1v) is 7.32. The molecule has 0 bridgehead atoms. The zero-order valence-electron chi connectivity index (χ0n) is 11.3. The van der Waals surface area contributed by atoms with E-state index in [0.29, 0.717) is 5.28 Å². The van der Waals surface area contributed by atoms with Crippen LogP contribution >= 0.6 is 11.6 Å². The van der Waals surface area contributed by atoms with Crippen LogP contribution in [0.2, 0.25) is 5.28 Å². The van der Waals surface area contributed by atoms with E-state index in [4.69, 9.17) is 11.6 Å². The molecule has 1 atom stereocenters. The molecule has 1 aliphatic rings. The van der Waals surface area contributed by atoms with Crippen LogP contribution < -0.4 is 4.90 Å². The number of hydrogen-bond acceptors (Lipinski definition) is 3. The van der Waals surface area contributed by atoms with Gasteiger partial charge in [0.25, 0.3) is 0 Å². The smallest absolute Gasteiger partial charge is 0.224 e. The Morgan fingerprint density at radius 2 is 2.22 bits per heavy atom. The maximum atomic E-state index is 5.91. The fourth-order valence-corrected chi connectivity index (χ4v) is 2.94. The van der Waals surface area contributed by atoms with Crippen molar-refractivity contribution in [3.63, 3.8) is 0 Å². The van der Waals surface area contributed by atoms with Crippen molar-refractivity contribution in [1.82, 2.24) is 9.97 Å². The van der Waals surface area contributed by atoms with E-state index < -0.39 is 0 Å². The molecule has 1 aliphatic heterocycles. The molecule has 4 heteroatoms. The summed E-state index contributed by atoms with van der Waals surface area (Å²) in [6.07, 6.45) is 8.35. The zero-order chi connectivity index (χ0) is 13.0. The lowest BCUT2D eigenvalue weighted by Gasteiger charge is -2.23. The van der Waals surface area contributed by atoms with E-state index in [0.717, 1.165) is 30.4 Å². The van der Waals surface area contributed by atoms with Crippen molar-refractivity contribution in [2.75, 3.05) is 18.0 Å². The summed E-state index contributed by atoms with van der Waals surface area (Å²) in [5.74, 6) is 1.91. The Kier molecular flexibility index (Phi) is 4.81. The van der Waals surface area contributed by atoms with Crippen molar-refractivity contribution < 1.29 is 0 Å². The van der Waals surface area contributed by atoms with Crippen molar-refractivity contribution >= 4 is 17.4 Å². The van der Waals surface area contributed by atoms with Crippen LogP contribution in [0, 0.1) is 12.8 Å². The van der Waals surface area contributed by atoms with Gasteiger partial charge in [-0.05, 0) is 43.7 Å². The highest BCUT2D eigenvalue weighted by Gasteiger charge is 2.19. The maximum Gasteiger partial charge on any atom is 0.224 e. The van der Waals surface area contributed by atoms with Gasteiger partial charge < -0.3 is 4.90 Å². The van der Waals surface area contributed by atoms with E-state index in [1.54, 1.807) is 0 Å². The van der Waals surface area contributed by atoms with Crippen molar-refractivity contribution in [3.8, 4) is 0 Å². The first-order valence-electron chi connectivity index (χ1n) is 6.94. The molecule has 1 aromatic rings. The van der Waals surface area contributed by atoms with Gasteiger partial charge in [-0.15, -0.1) is 0 Å². The van der Waals surface area contributed by atoms with Crippen molar-refractivity contribution in [3.05, 3.63) is 17.0 Å². The van der Waals surface area contributed by atoms with Gasteiger partial charge in [0.1, 0.15) is 5.82 Å². The number of rotatable bonds is 3. The third-order valence-corrected chi connectivity index (χ3v) is 3.94. The standard InChI is InChI=1S/C14H22ClN3/c1-3-5-12-6-4-8-18(9-7-12)13-11(2)10-16-14(15)17-13/h10,12H,3-9H2,1-2H3. The van der Waals surface area contributed by atoms with Crippen LogP contribution in [0.3, 0.4) is 0 Å². The van der Waals surface area contributed by atoms with Crippen LogP contribution in [0.4, 0.5) is 5.82 Å². The predicted octanol–water partition coefficient (Wildman–Crippen LogP) is 3.85. The Morgan fingerprint density at radius 1 is 1.39 bits per heavy atom. The summed E-state index contributed by atoms with van der Waals surface area (Å²) in [6, 6.07) is 0. The van der Waals surface area contributed by atoms with Gasteiger partial charge in [-0.3, -0.25) is 0 Å². The minimum Gasteiger partial charge on any atom is -0.356 e. The van der Waals surface area contributed by atoms with Crippen molar-refractivity contribution in [2.45, 2.75) is 46.0 Å². The molecule has 0 amide bonds. The first kappa shape index (κ1) is 13.6. The summed E-state index contributed by atoms with van der Waals surface area (Å²) in [6.45, 7) is 6.52. The number of nitrogens with zero attached hydrogens (tertiary/aromatic N) is 3. The molecule has 0 spiro atoms. The molecule has 3 nitrogen and oxygen atoms in total. The second-order valence-corrected chi connectivity index (χ2v) is 5.56. The van der Waals surface area contributed by atoms with Gasteiger partial charge in [0, 0.05) is 24.8 Å². The van der Waals surface area contributed by atoms with E-state index in [2.05, 4.69) is 28.7 Å². The summed E-state index contributed by atoms with van der Waals surface area (Å²) in [5, 5.41) is 0.352. The molecule has 1 saturated heterocycles. The number of aromatic nitrogens is 2. The molecule has 0 aliphatic carbocycles. The monoisotopic (exact) mass is 267 g/mol. The lowest BCUT2D eigenvalue weighted by atomic mass is 9.96. The number of aryl methyl sites for hydroxylation is 1. The Balaban J connectivity index is 2.07. The SMILES string of the molecule is CCCC1CCCN(c2nc(Cl)ncc2C)CC1. The third-order valence-electron chi connectivity index (χ3n) is 3.76. The summed E-state index contributed by atoms with van der Waals surface area (Å²) in [7, 11) is 0. The minimum absolute atomic E-state index is 0.352. The number of halogens is 1. The minimum atomic E-state index is 0.352. The molecule has 0 aromatic carbocycles. The number of hydrogen-bond donors (Lipinski definition) is 0. The summed E-state index contributed by atoms with van der Waals surface area (Å²) in [5.41, 5.74) is 1.12. The Bertz CT molecular complexity index is 395. The molecule has 0 saturated carbocycles. The molecule has 1 aromatic heterocycles. The number of anilines is 1. The van der Waals surface area contributed by atoms with Gasteiger partial charge in [-0.25, -0.2) is 9.97 Å². The lowest BCUT2D eigenvalue weighted by molar-refractivity contribution is 0.435. The average Bonchev–Trinajstić information content (AvgIpc) is 2.58. The zero-order valence-corrected chi connectivity index (χ0v) is 12.1. The maximum absolute atomic E-state index is 5.91. The lowest BCUT2D eigenvalue weighted by Crippen LogP contribution is -2.26. The fraction of sp³-hybridized carbons (Fsp3) is 0.714. The van der Waals surface area contributed by atoms with Gasteiger partial charge in [-0.2, -0.15) is 0 Å². The molecule has 0 radical (unpaired) electrons. The average molecular weight is 268 g/mol. The fourth-order valence-electron chi connectivity index (χ4n) is 2.81. The van der Waals surface area contributed by atoms with E-state index in [1.165, 1.54) is 32.1 Å². The molecule has 2 heterocycles. The Labute approximate surface area is 115 Å². The van der Waals surface area contributed by atoms with Crippen molar-refractivity contribution in [1.29, 1.82) is 0 Å². The molecule has 1 fully saturated rings. The Morgan fingerprint density at radius 3 is 3.00 bits per heavy atom. The quantitative estimate of drug-likeness (QED) is 0.779. The first-order chi connectivity index (χ1) is 8.70. The third kappa shape index (κ3) is 3.35. The summed E-state index contributed by atoms with van der Waals surface area (Å²) in [4.78, 5) is 10.8. The van der Waals surface area contributed by atoms with E-state index >= 15 is 0 Å². The molecule has 1 unspecified atom stereocenters. The summed E-state index contributed by atoms with van der Waals surface area (Å²) >= 11 is 5.91. The van der Waals surface area contributed by atoms with Crippen LogP contribution in [0.1, 0.15) is 44.6 Å². The molecule has 18 heavy (non-hydrogen) atoms. The molecule has 0 N–H and O–H groups in total. The molecular formula is C14H22ClN3. The molecular weight excluding hydrogens is 246 g/mol. The van der Waals surface area contributed by atoms with Gasteiger partial charge in [0.05, 0.1) is 0 Å². The molecule has 2 rings (SSSR count). The van der Waals surface area contributed by atoms with Gasteiger partial charge in [-0.1, -0.05) is 19.8 Å². The second-order valence-electron chi connectivity index (χ2n) is 5.22. The van der Waals surface area contributed by atoms with Crippen LogP contribution in [0.25, 0.3) is 0 Å². The van der Waals surface area contributed by atoms with Crippen molar-refractivity contribution in [2.24, 2.45) is 5.92 Å². The highest BCUT2D eigenvalue weighted by atomic mass is 35.5. The highest BCUT2D eigenvalue weighted by Crippen LogP contribution is 2.26. The van der Waals surface area contributed by atoms with E-state index in [-0.39, 0.29) is 0 Å². The van der Waals surface area contributed by atoms with E-state index in [9.17, 15) is 0 Å². The van der Waals surface area contributed by atoms with Gasteiger partial charge in [0.2, 0.25) is 5.28 Å². The van der Waals surface area contributed by atoms with Crippen LogP contribution in [0.5, 0.6) is 0 Å². The van der Waals surface area contributed by atoms with E-state index in [1.807, 2.05) is 6.20 Å². The topological polar surface area (TPSA) is 29.0 Å². The second kappa shape index (κ2) is 6.37. The van der Waals surface area contributed by atoms with Crippen LogP contribution in [0.15, 0.2) is 6.20 Å². The van der Waals surface area contributed by atoms with Crippen LogP contribution in [-0.4, -0.2) is 23.1 Å². The summed E-state index contributed by atoms with van der Waals surface area (Å²) < 4.78 is 0. The van der Waals surface area contributed by atoms with Gasteiger partial charge >= 0.3 is 0 Å². The highest BCUT2D eigenvalue weighted by molar-refractivity contribution is 6.28. The van der Waals surface area contributed by atoms with Crippen LogP contribution in [-0.2, 0) is 0 Å².